The maximum atomic E-state index is 5.54. The summed E-state index contributed by atoms with van der Waals surface area (Å²) < 4.78 is 5.54. The predicted octanol–water partition coefficient (Wildman–Crippen LogP) is 9.38. The van der Waals surface area contributed by atoms with E-state index in [4.69, 9.17) is 4.74 Å². The van der Waals surface area contributed by atoms with E-state index in [0.717, 1.165) is 36.3 Å². The van der Waals surface area contributed by atoms with E-state index in [1.807, 2.05) is 0 Å². The summed E-state index contributed by atoms with van der Waals surface area (Å²) in [6.07, 6.45) is 16.8. The molecule has 0 atom stereocenters. The van der Waals surface area contributed by atoms with Gasteiger partial charge in [-0.3, -0.25) is 0 Å². The second-order valence-electron chi connectivity index (χ2n) is 9.83. The normalized spacial score (nSPS) is 12.7. The van der Waals surface area contributed by atoms with E-state index in [9.17, 15) is 0 Å². The second kappa shape index (κ2) is 17.1. The maximum absolute atomic E-state index is 5.54. The third-order valence-electron chi connectivity index (χ3n) is 6.97. The Bertz CT molecular complexity index is 290. The molecule has 0 saturated heterocycles. The average molecular weight is 399 g/mol. The molecule has 0 aliphatic heterocycles. The van der Waals surface area contributed by atoms with Gasteiger partial charge in [-0.15, -0.1) is 0 Å². The fourth-order valence-corrected chi connectivity index (χ4v) is 11.9. The number of ether oxygens (including phenoxy) is 1. The highest BCUT2D eigenvalue weighted by Gasteiger charge is 2.41. The molecular weight excluding hydrogens is 344 g/mol. The highest BCUT2D eigenvalue weighted by atomic mass is 28.3. The standard InChI is InChI=1S/C25H54OSi/c1-8-20-26-21-18-16-14-12-10-9-11-13-15-17-19-22-27(23(2)3,24(4)5)25(6)7/h23-25H,8-22H2,1-7H3. The quantitative estimate of drug-likeness (QED) is 0.155. The molecule has 0 saturated carbocycles. The fraction of sp³-hybridized carbons (Fsp3) is 1.00. The summed E-state index contributed by atoms with van der Waals surface area (Å²) in [4.78, 5) is 0. The van der Waals surface area contributed by atoms with Crippen LogP contribution < -0.4 is 0 Å². The lowest BCUT2D eigenvalue weighted by molar-refractivity contribution is 0.130. The van der Waals surface area contributed by atoms with Crippen LogP contribution in [0.5, 0.6) is 0 Å². The molecule has 0 amide bonds. The highest BCUT2D eigenvalue weighted by Crippen LogP contribution is 2.45. The average Bonchev–Trinajstić information content (AvgIpc) is 2.60. The summed E-state index contributed by atoms with van der Waals surface area (Å²) in [7, 11) is -1.14. The maximum Gasteiger partial charge on any atom is 0.0612 e. The predicted molar refractivity (Wildman–Crippen MR) is 128 cm³/mol. The first-order chi connectivity index (χ1) is 12.9. The van der Waals surface area contributed by atoms with Gasteiger partial charge in [0.25, 0.3) is 0 Å². The molecule has 0 aliphatic rings. The van der Waals surface area contributed by atoms with E-state index < -0.39 is 8.07 Å². The summed E-state index contributed by atoms with van der Waals surface area (Å²) in [6, 6.07) is 1.56. The van der Waals surface area contributed by atoms with E-state index in [-0.39, 0.29) is 0 Å². The minimum Gasteiger partial charge on any atom is -0.381 e. The van der Waals surface area contributed by atoms with E-state index in [0.29, 0.717) is 0 Å². The summed E-state index contributed by atoms with van der Waals surface area (Å²) in [6.45, 7) is 19.1. The van der Waals surface area contributed by atoms with E-state index in [2.05, 4.69) is 48.5 Å². The molecule has 0 aliphatic carbocycles. The lowest BCUT2D eigenvalue weighted by Gasteiger charge is -2.43. The largest absolute Gasteiger partial charge is 0.381 e. The van der Waals surface area contributed by atoms with Crippen LogP contribution in [0.4, 0.5) is 0 Å². The first-order valence-electron chi connectivity index (χ1n) is 12.5. The van der Waals surface area contributed by atoms with Crippen molar-refractivity contribution in [3.63, 3.8) is 0 Å². The van der Waals surface area contributed by atoms with Gasteiger partial charge >= 0.3 is 0 Å². The lowest BCUT2D eigenvalue weighted by Crippen LogP contribution is -2.44. The van der Waals surface area contributed by atoms with E-state index in [1.54, 1.807) is 6.04 Å². The van der Waals surface area contributed by atoms with Crippen LogP contribution in [0.25, 0.3) is 0 Å². The molecular formula is C25H54OSi. The molecule has 0 N–H and O–H groups in total. The van der Waals surface area contributed by atoms with Crippen molar-refractivity contribution in [2.24, 2.45) is 0 Å². The summed E-state index contributed by atoms with van der Waals surface area (Å²) in [5, 5.41) is 0. The molecule has 164 valence electrons. The molecule has 1 nitrogen and oxygen atoms in total. The molecule has 0 aromatic rings. The molecule has 27 heavy (non-hydrogen) atoms. The minimum atomic E-state index is -1.14. The van der Waals surface area contributed by atoms with Gasteiger partial charge in [-0.25, -0.2) is 0 Å². The van der Waals surface area contributed by atoms with Gasteiger partial charge in [-0.2, -0.15) is 0 Å². The van der Waals surface area contributed by atoms with Crippen LogP contribution >= 0.6 is 0 Å². The molecule has 0 spiro atoms. The van der Waals surface area contributed by atoms with Crippen LogP contribution in [-0.4, -0.2) is 21.3 Å². The Hall–Kier alpha value is 0.177. The smallest absolute Gasteiger partial charge is 0.0612 e. The molecule has 0 aromatic carbocycles. The summed E-state index contributed by atoms with van der Waals surface area (Å²) in [5.74, 6) is 0. The minimum absolute atomic E-state index is 0.927. The van der Waals surface area contributed by atoms with Gasteiger partial charge in [-0.1, -0.05) is 135 Å². The van der Waals surface area contributed by atoms with Gasteiger partial charge in [0, 0.05) is 13.2 Å². The zero-order valence-electron chi connectivity index (χ0n) is 20.2. The molecule has 2 heteroatoms. The van der Waals surface area contributed by atoms with Crippen LogP contribution in [0.1, 0.15) is 126 Å². The zero-order chi connectivity index (χ0) is 20.5. The van der Waals surface area contributed by atoms with Gasteiger partial charge in [0.1, 0.15) is 0 Å². The molecule has 0 fully saturated rings. The molecule has 0 unspecified atom stereocenters. The Morgan fingerprint density at radius 1 is 0.519 bits per heavy atom. The number of rotatable bonds is 19. The van der Waals surface area contributed by atoms with Crippen LogP contribution in [0.3, 0.4) is 0 Å². The van der Waals surface area contributed by atoms with Crippen molar-refractivity contribution in [3.8, 4) is 0 Å². The number of hydrogen-bond donors (Lipinski definition) is 0. The van der Waals surface area contributed by atoms with Crippen molar-refractivity contribution >= 4 is 8.07 Å². The van der Waals surface area contributed by atoms with E-state index >= 15 is 0 Å². The molecule has 0 radical (unpaired) electrons. The number of unbranched alkanes of at least 4 members (excludes halogenated alkanes) is 10. The molecule has 0 aromatic heterocycles. The zero-order valence-corrected chi connectivity index (χ0v) is 21.2. The Balaban J connectivity index is 3.59. The molecule has 0 heterocycles. The Morgan fingerprint density at radius 3 is 1.26 bits per heavy atom. The van der Waals surface area contributed by atoms with E-state index in [1.165, 1.54) is 70.6 Å². The van der Waals surface area contributed by atoms with Crippen LogP contribution in [0.15, 0.2) is 0 Å². The molecule has 0 rings (SSSR count). The number of hydrogen-bond acceptors (Lipinski definition) is 1. The van der Waals surface area contributed by atoms with Gasteiger partial charge in [0.05, 0.1) is 8.07 Å². The lowest BCUT2D eigenvalue weighted by atomic mass is 10.1. The van der Waals surface area contributed by atoms with Gasteiger partial charge < -0.3 is 4.74 Å². The second-order valence-corrected chi connectivity index (χ2v) is 16.0. The van der Waals surface area contributed by atoms with Crippen molar-refractivity contribution in [1.29, 1.82) is 0 Å². The topological polar surface area (TPSA) is 9.23 Å². The Kier molecular flexibility index (Phi) is 17.2. The molecule has 0 bridgehead atoms. The third kappa shape index (κ3) is 11.7. The van der Waals surface area contributed by atoms with Gasteiger partial charge in [0.2, 0.25) is 0 Å². The van der Waals surface area contributed by atoms with Gasteiger partial charge in [-0.05, 0) is 12.8 Å². The SMILES string of the molecule is CCCOCCCCCCCCCCCCC[Si](C(C)C)(C(C)C)C(C)C. The first kappa shape index (κ1) is 27.2. The summed E-state index contributed by atoms with van der Waals surface area (Å²) >= 11 is 0. The Morgan fingerprint density at radius 2 is 0.889 bits per heavy atom. The van der Waals surface area contributed by atoms with Crippen LogP contribution in [0.2, 0.25) is 22.7 Å². The van der Waals surface area contributed by atoms with Gasteiger partial charge in [0.15, 0.2) is 0 Å². The van der Waals surface area contributed by atoms with Crippen molar-refractivity contribution in [1.82, 2.24) is 0 Å². The third-order valence-corrected chi connectivity index (χ3v) is 14.6. The van der Waals surface area contributed by atoms with Crippen LogP contribution in [-0.2, 0) is 4.74 Å². The summed E-state index contributed by atoms with van der Waals surface area (Å²) in [5.41, 5.74) is 2.78. The van der Waals surface area contributed by atoms with Crippen molar-refractivity contribution < 1.29 is 4.74 Å². The van der Waals surface area contributed by atoms with Crippen molar-refractivity contribution in [2.75, 3.05) is 13.2 Å². The van der Waals surface area contributed by atoms with Crippen molar-refractivity contribution in [2.45, 2.75) is 148 Å². The highest BCUT2D eigenvalue weighted by molar-refractivity contribution is 6.83. The monoisotopic (exact) mass is 398 g/mol. The fourth-order valence-electron chi connectivity index (χ4n) is 5.34. The van der Waals surface area contributed by atoms with Crippen molar-refractivity contribution in [3.05, 3.63) is 0 Å². The van der Waals surface area contributed by atoms with Crippen LogP contribution in [0, 0.1) is 0 Å². The Labute approximate surface area is 174 Å². The first-order valence-corrected chi connectivity index (χ1v) is 14.9.